The number of phenolic OH excluding ortho intramolecular Hbond substituents is 1. The normalized spacial score (nSPS) is 12.1. The van der Waals surface area contributed by atoms with Crippen LogP contribution in [0.2, 0.25) is 0 Å². The first kappa shape index (κ1) is 37.2. The van der Waals surface area contributed by atoms with E-state index in [4.69, 9.17) is 0 Å². The van der Waals surface area contributed by atoms with Crippen LogP contribution in [0.1, 0.15) is 101 Å². The van der Waals surface area contributed by atoms with Gasteiger partial charge in [-0.3, -0.25) is 0 Å². The molecular weight excluding hydrogens is 528 g/mol. The molecule has 1 saturated carbocycles. The van der Waals surface area contributed by atoms with E-state index >= 15 is 0 Å². The molecule has 0 aliphatic heterocycles. The van der Waals surface area contributed by atoms with E-state index in [1.807, 2.05) is 60.7 Å². The maximum atomic E-state index is 10.4. The summed E-state index contributed by atoms with van der Waals surface area (Å²) in [5, 5.41) is 10.4. The largest absolute Gasteiger partial charge is 3.00 e. The minimum atomic E-state index is -0.0178. The number of hydrogen-bond acceptors (Lipinski definition) is 1. The maximum Gasteiger partial charge on any atom is 3.00 e. The summed E-state index contributed by atoms with van der Waals surface area (Å²) in [6.45, 7) is 22.3. The molecule has 1 fully saturated rings. The predicted octanol–water partition coefficient (Wildman–Crippen LogP) is 10.4. The van der Waals surface area contributed by atoms with Crippen LogP contribution >= 0.6 is 0 Å². The average molecular weight is 579 g/mol. The molecule has 1 radical (unpaired) electrons. The second-order valence-corrected chi connectivity index (χ2v) is 11.4. The van der Waals surface area contributed by atoms with E-state index in [0.717, 1.165) is 22.3 Å². The number of aromatic hydroxyl groups is 1. The first-order valence-corrected chi connectivity index (χ1v) is 12.9. The molecule has 0 heterocycles. The Labute approximate surface area is 249 Å². The maximum absolute atomic E-state index is 10.4. The van der Waals surface area contributed by atoms with Crippen LogP contribution in [-0.4, -0.2) is 5.11 Å². The van der Waals surface area contributed by atoms with Gasteiger partial charge in [0.25, 0.3) is 0 Å². The van der Waals surface area contributed by atoms with Gasteiger partial charge in [0.1, 0.15) is 5.75 Å². The molecule has 4 rings (SSSR count). The van der Waals surface area contributed by atoms with E-state index < -0.39 is 0 Å². The number of hydrogen-bond donors (Lipinski definition) is 1. The van der Waals surface area contributed by atoms with Gasteiger partial charge in [-0.25, -0.2) is 0 Å². The molecule has 0 spiro atoms. The number of benzene rings is 3. The predicted molar refractivity (Wildman–Crippen MR) is 162 cm³/mol. The summed E-state index contributed by atoms with van der Waals surface area (Å²) in [6.07, 6.45) is 7.50. The SMILES string of the molecule is C1CCCC1.Cc1cc(C(C)(C)C)c(O)c(C(C)(C)C)c1.[CH2-]c1ccccc1.[CH2-]c1ccccc1.[CH3-].[Zr+3]. The van der Waals surface area contributed by atoms with Crippen LogP contribution in [0.4, 0.5) is 0 Å². The van der Waals surface area contributed by atoms with E-state index in [1.165, 1.54) is 37.7 Å². The molecule has 37 heavy (non-hydrogen) atoms. The van der Waals surface area contributed by atoms with Crippen molar-refractivity contribution in [3.8, 4) is 5.75 Å². The fourth-order valence-corrected chi connectivity index (χ4v) is 3.76. The zero-order chi connectivity index (χ0) is 26.5. The third-order valence-electron chi connectivity index (χ3n) is 5.81. The Kier molecular flexibility index (Phi) is 18.5. The van der Waals surface area contributed by atoms with Gasteiger partial charge in [0.05, 0.1) is 0 Å². The van der Waals surface area contributed by atoms with Crippen LogP contribution in [0.15, 0.2) is 72.8 Å². The Balaban J connectivity index is 0. The Hall–Kier alpha value is -1.92. The number of aryl methyl sites for hydroxylation is 1. The van der Waals surface area contributed by atoms with E-state index in [1.54, 1.807) is 0 Å². The second kappa shape index (κ2) is 18.4. The topological polar surface area (TPSA) is 20.2 Å². The van der Waals surface area contributed by atoms with Crippen LogP contribution in [0.5, 0.6) is 5.75 Å². The van der Waals surface area contributed by atoms with Crippen molar-refractivity contribution < 1.29 is 31.3 Å². The summed E-state index contributed by atoms with van der Waals surface area (Å²) >= 11 is 0. The van der Waals surface area contributed by atoms with Crippen molar-refractivity contribution in [2.24, 2.45) is 0 Å². The number of phenols is 1. The standard InChI is InChI=1S/C15H24O.2C7H7.C5H10.CH3.Zr/c1-10-8-11(14(2,3)4)13(16)12(9-10)15(5,6)7;2*1-7-5-3-2-4-6-7;1-2-4-5-3-1;;/h8-9,16H,1-7H3;2*2-6H,1H2;1-5H2;1H3;/q;2*-1;;-1;+3. The Morgan fingerprint density at radius 2 is 0.865 bits per heavy atom. The minimum absolute atomic E-state index is 0. The minimum Gasteiger partial charge on any atom is -0.507 e. The third-order valence-corrected chi connectivity index (χ3v) is 5.81. The molecule has 3 aromatic carbocycles. The molecule has 0 amide bonds. The second-order valence-electron chi connectivity index (χ2n) is 11.4. The zero-order valence-corrected chi connectivity index (χ0v) is 27.3. The van der Waals surface area contributed by atoms with Crippen molar-refractivity contribution in [1.82, 2.24) is 0 Å². The van der Waals surface area contributed by atoms with Gasteiger partial charge < -0.3 is 12.5 Å². The van der Waals surface area contributed by atoms with E-state index in [0.29, 0.717) is 5.75 Å². The van der Waals surface area contributed by atoms with Crippen LogP contribution < -0.4 is 0 Å². The molecule has 0 atom stereocenters. The monoisotopic (exact) mass is 577 g/mol. The molecule has 0 bridgehead atoms. The Morgan fingerprint density at radius 1 is 0.595 bits per heavy atom. The van der Waals surface area contributed by atoms with E-state index in [2.05, 4.69) is 74.4 Å². The fourth-order valence-electron chi connectivity index (χ4n) is 3.76. The molecule has 201 valence electrons. The van der Waals surface area contributed by atoms with Crippen LogP contribution in [-0.2, 0) is 37.0 Å². The Bertz CT molecular complexity index is 880. The van der Waals surface area contributed by atoms with Gasteiger partial charge in [0.15, 0.2) is 0 Å². The van der Waals surface area contributed by atoms with Crippen molar-refractivity contribution in [3.63, 3.8) is 0 Å². The molecule has 1 N–H and O–H groups in total. The summed E-state index contributed by atoms with van der Waals surface area (Å²) in [4.78, 5) is 0. The van der Waals surface area contributed by atoms with Crippen molar-refractivity contribution >= 4 is 0 Å². The van der Waals surface area contributed by atoms with Gasteiger partial charge in [0, 0.05) is 0 Å². The fraction of sp³-hybridized carbons (Fsp3) is 0.400. The molecular formula is C35H51OZr. The quantitative estimate of drug-likeness (QED) is 0.263. The average Bonchev–Trinajstić information content (AvgIpc) is 3.36. The molecule has 2 heteroatoms. The van der Waals surface area contributed by atoms with Crippen LogP contribution in [0, 0.1) is 28.2 Å². The summed E-state index contributed by atoms with van der Waals surface area (Å²) in [6, 6.07) is 23.9. The van der Waals surface area contributed by atoms with Crippen molar-refractivity contribution in [3.05, 3.63) is 122 Å². The van der Waals surface area contributed by atoms with Crippen molar-refractivity contribution in [2.75, 3.05) is 0 Å². The van der Waals surface area contributed by atoms with Gasteiger partial charge in [-0.05, 0) is 28.9 Å². The smallest absolute Gasteiger partial charge is 0.507 e. The van der Waals surface area contributed by atoms with Crippen molar-refractivity contribution in [2.45, 2.75) is 91.4 Å². The molecule has 0 unspecified atom stereocenters. The summed E-state index contributed by atoms with van der Waals surface area (Å²) in [5.74, 6) is 0.464. The third kappa shape index (κ3) is 15.8. The first-order chi connectivity index (χ1) is 16.3. The molecule has 0 aromatic heterocycles. The van der Waals surface area contributed by atoms with Crippen LogP contribution in [0.3, 0.4) is 0 Å². The molecule has 1 nitrogen and oxygen atoms in total. The van der Waals surface area contributed by atoms with Gasteiger partial charge >= 0.3 is 26.2 Å². The van der Waals surface area contributed by atoms with Gasteiger partial charge in [-0.1, -0.05) is 103 Å². The zero-order valence-electron chi connectivity index (χ0n) is 24.8. The van der Waals surface area contributed by atoms with Gasteiger partial charge in [0.2, 0.25) is 0 Å². The summed E-state index contributed by atoms with van der Waals surface area (Å²) < 4.78 is 0. The number of rotatable bonds is 0. The van der Waals surface area contributed by atoms with E-state index in [-0.39, 0.29) is 44.5 Å². The summed E-state index contributed by atoms with van der Waals surface area (Å²) in [5.41, 5.74) is 5.40. The molecule has 1 aliphatic rings. The summed E-state index contributed by atoms with van der Waals surface area (Å²) in [7, 11) is 0. The van der Waals surface area contributed by atoms with Crippen LogP contribution in [0.25, 0.3) is 0 Å². The molecule has 3 aromatic rings. The van der Waals surface area contributed by atoms with E-state index in [9.17, 15) is 5.11 Å². The first-order valence-electron chi connectivity index (χ1n) is 12.9. The molecule has 1 aliphatic carbocycles. The Morgan fingerprint density at radius 3 is 1.05 bits per heavy atom. The molecule has 0 saturated heterocycles. The van der Waals surface area contributed by atoms with Gasteiger partial charge in [-0.15, -0.1) is 24.3 Å². The van der Waals surface area contributed by atoms with Gasteiger partial charge in [-0.2, -0.15) is 49.2 Å². The van der Waals surface area contributed by atoms with Crippen molar-refractivity contribution in [1.29, 1.82) is 0 Å².